The third-order valence-corrected chi connectivity index (χ3v) is 7.16. The number of ether oxygens (including phenoxy) is 1. The lowest BCUT2D eigenvalue weighted by atomic mass is 9.52. The van der Waals surface area contributed by atoms with Crippen LogP contribution in [0, 0.1) is 5.92 Å². The van der Waals surface area contributed by atoms with Gasteiger partial charge in [0, 0.05) is 11.5 Å². The zero-order valence-corrected chi connectivity index (χ0v) is 15.4. The molecule has 2 bridgehead atoms. The van der Waals surface area contributed by atoms with E-state index in [-0.39, 0.29) is 5.75 Å². The van der Waals surface area contributed by atoms with Crippen LogP contribution in [0.3, 0.4) is 0 Å². The number of rotatable bonds is 2. The molecule has 2 aromatic carbocycles. The molecule has 1 saturated carbocycles. The summed E-state index contributed by atoms with van der Waals surface area (Å²) in [6, 6.07) is 14.4. The highest BCUT2D eigenvalue weighted by molar-refractivity contribution is 5.47. The molecular weight excluding hydrogens is 322 g/mol. The molecule has 0 spiro atoms. The molecule has 3 unspecified atom stereocenters. The van der Waals surface area contributed by atoms with Crippen molar-refractivity contribution >= 4 is 0 Å². The maximum absolute atomic E-state index is 9.47. The summed E-state index contributed by atoms with van der Waals surface area (Å²) < 4.78 is 6.11. The van der Waals surface area contributed by atoms with Crippen molar-refractivity contribution in [2.75, 3.05) is 13.6 Å². The van der Waals surface area contributed by atoms with Crippen LogP contribution in [0.1, 0.15) is 43.2 Å². The Kier molecular flexibility index (Phi) is 3.75. The van der Waals surface area contributed by atoms with E-state index in [0.29, 0.717) is 11.5 Å². The van der Waals surface area contributed by atoms with Crippen LogP contribution in [0.4, 0.5) is 0 Å². The lowest BCUT2D eigenvalue weighted by molar-refractivity contribution is 0.00276. The van der Waals surface area contributed by atoms with Crippen molar-refractivity contribution in [2.24, 2.45) is 5.92 Å². The Balaban J connectivity index is 1.54. The van der Waals surface area contributed by atoms with Crippen molar-refractivity contribution in [3.63, 3.8) is 0 Å². The molecule has 3 nitrogen and oxygen atoms in total. The van der Waals surface area contributed by atoms with Crippen molar-refractivity contribution in [2.45, 2.75) is 50.0 Å². The van der Waals surface area contributed by atoms with Gasteiger partial charge in [0.05, 0.1) is 0 Å². The molecule has 2 aromatic rings. The smallest absolute Gasteiger partial charge is 0.127 e. The van der Waals surface area contributed by atoms with Crippen LogP contribution in [-0.4, -0.2) is 29.6 Å². The highest BCUT2D eigenvalue weighted by Gasteiger charge is 2.53. The molecule has 1 heterocycles. The monoisotopic (exact) mass is 349 g/mol. The zero-order chi connectivity index (χ0) is 17.7. The molecule has 3 heteroatoms. The van der Waals surface area contributed by atoms with Gasteiger partial charge < -0.3 is 14.7 Å². The molecule has 1 aliphatic heterocycles. The lowest BCUT2D eigenvalue weighted by Crippen LogP contribution is -2.59. The van der Waals surface area contributed by atoms with Gasteiger partial charge in [0.15, 0.2) is 0 Å². The van der Waals surface area contributed by atoms with Crippen LogP contribution >= 0.6 is 0 Å². The molecule has 0 aromatic heterocycles. The van der Waals surface area contributed by atoms with Gasteiger partial charge in [0.25, 0.3) is 0 Å². The summed E-state index contributed by atoms with van der Waals surface area (Å²) in [5.41, 5.74) is 3.44. The summed E-state index contributed by atoms with van der Waals surface area (Å²) in [6.45, 7) is 1.21. The van der Waals surface area contributed by atoms with E-state index >= 15 is 0 Å². The fraction of sp³-hybridized carbons (Fsp3) is 0.478. The minimum Gasteiger partial charge on any atom is -0.508 e. The number of fused-ring (bicyclic) bond motifs is 1. The molecule has 5 rings (SSSR count). The molecule has 26 heavy (non-hydrogen) atoms. The van der Waals surface area contributed by atoms with Gasteiger partial charge in [-0.1, -0.05) is 18.9 Å². The molecular formula is C23H27NO2. The van der Waals surface area contributed by atoms with Gasteiger partial charge in [-0.2, -0.15) is 0 Å². The van der Waals surface area contributed by atoms with Crippen LogP contribution < -0.4 is 4.74 Å². The average Bonchev–Trinajstić information content (AvgIpc) is 2.67. The quantitative estimate of drug-likeness (QED) is 0.839. The Morgan fingerprint density at radius 1 is 1.04 bits per heavy atom. The molecule has 0 amide bonds. The van der Waals surface area contributed by atoms with Gasteiger partial charge in [-0.25, -0.2) is 0 Å². The van der Waals surface area contributed by atoms with E-state index in [1.807, 2.05) is 12.1 Å². The van der Waals surface area contributed by atoms with E-state index in [4.69, 9.17) is 4.74 Å². The summed E-state index contributed by atoms with van der Waals surface area (Å²) in [5, 5.41) is 9.47. The number of likely N-dealkylation sites (tertiary alicyclic amines) is 1. The molecule has 1 saturated heterocycles. The van der Waals surface area contributed by atoms with Gasteiger partial charge in [0.2, 0.25) is 0 Å². The number of likely N-dealkylation sites (N-methyl/N-ethyl adjacent to an activating group) is 1. The Morgan fingerprint density at radius 3 is 2.69 bits per heavy atom. The Bertz CT molecular complexity index is 815. The van der Waals surface area contributed by atoms with Crippen LogP contribution in [0.5, 0.6) is 17.2 Å². The molecule has 0 radical (unpaired) electrons. The van der Waals surface area contributed by atoms with Crippen molar-refractivity contribution in [1.82, 2.24) is 4.90 Å². The second-order valence-corrected chi connectivity index (χ2v) is 8.43. The number of benzene rings is 2. The largest absolute Gasteiger partial charge is 0.508 e. The van der Waals surface area contributed by atoms with Crippen LogP contribution in [0.2, 0.25) is 0 Å². The molecule has 2 aliphatic carbocycles. The second kappa shape index (κ2) is 6.02. The van der Waals surface area contributed by atoms with Crippen molar-refractivity contribution in [3.8, 4) is 17.2 Å². The topological polar surface area (TPSA) is 32.7 Å². The molecule has 3 aliphatic rings. The first kappa shape index (κ1) is 16.2. The van der Waals surface area contributed by atoms with Crippen LogP contribution in [-0.2, 0) is 11.8 Å². The summed E-state index contributed by atoms with van der Waals surface area (Å²) in [4.78, 5) is 2.61. The molecule has 1 N–H and O–H groups in total. The van der Waals surface area contributed by atoms with E-state index in [1.165, 1.54) is 50.6 Å². The molecule has 3 atom stereocenters. The average molecular weight is 349 g/mol. The highest BCUT2D eigenvalue weighted by Crippen LogP contribution is 2.56. The first-order chi connectivity index (χ1) is 12.7. The van der Waals surface area contributed by atoms with Crippen LogP contribution in [0.15, 0.2) is 42.5 Å². The van der Waals surface area contributed by atoms with Crippen molar-refractivity contribution < 1.29 is 9.84 Å². The first-order valence-electron chi connectivity index (χ1n) is 9.96. The number of hydrogen-bond acceptors (Lipinski definition) is 3. The third-order valence-electron chi connectivity index (χ3n) is 7.16. The van der Waals surface area contributed by atoms with E-state index < -0.39 is 0 Å². The number of phenolic OH excluding ortho intramolecular Hbond substituents is 1. The van der Waals surface area contributed by atoms with Crippen molar-refractivity contribution in [1.29, 1.82) is 0 Å². The Labute approximate surface area is 155 Å². The summed E-state index contributed by atoms with van der Waals surface area (Å²) >= 11 is 0. The number of nitrogens with zero attached hydrogens (tertiary/aromatic N) is 1. The Morgan fingerprint density at radius 2 is 1.85 bits per heavy atom. The Hall–Kier alpha value is -2.00. The minimum absolute atomic E-state index is 0.268. The number of phenols is 1. The van der Waals surface area contributed by atoms with Gasteiger partial charge >= 0.3 is 0 Å². The maximum Gasteiger partial charge on any atom is 0.127 e. The van der Waals surface area contributed by atoms with Gasteiger partial charge in [-0.05, 0) is 92.7 Å². The third kappa shape index (κ3) is 2.44. The minimum atomic E-state index is 0.268. The van der Waals surface area contributed by atoms with Crippen molar-refractivity contribution in [3.05, 3.63) is 53.6 Å². The molecule has 136 valence electrons. The highest BCUT2D eigenvalue weighted by atomic mass is 16.5. The number of aromatic hydroxyl groups is 1. The second-order valence-electron chi connectivity index (χ2n) is 8.43. The fourth-order valence-corrected chi connectivity index (χ4v) is 5.89. The molecule has 2 fully saturated rings. The summed E-state index contributed by atoms with van der Waals surface area (Å²) in [6.07, 6.45) is 7.90. The fourth-order valence-electron chi connectivity index (χ4n) is 5.89. The maximum atomic E-state index is 9.47. The number of piperidine rings is 1. The first-order valence-corrected chi connectivity index (χ1v) is 9.96. The lowest BCUT2D eigenvalue weighted by Gasteiger charge is -2.58. The normalized spacial score (nSPS) is 30.3. The van der Waals surface area contributed by atoms with E-state index in [9.17, 15) is 5.11 Å². The summed E-state index contributed by atoms with van der Waals surface area (Å²) in [5.74, 6) is 2.76. The van der Waals surface area contributed by atoms with E-state index in [0.717, 1.165) is 17.4 Å². The van der Waals surface area contributed by atoms with Gasteiger partial charge in [0.1, 0.15) is 17.2 Å². The number of hydrogen-bond donors (Lipinski definition) is 1. The predicted molar refractivity (Wildman–Crippen MR) is 103 cm³/mol. The zero-order valence-electron chi connectivity index (χ0n) is 15.4. The van der Waals surface area contributed by atoms with Gasteiger partial charge in [-0.15, -0.1) is 0 Å². The SMILES string of the molecule is CN1CCC23CCCCC2C1Cc1ccc(Oc2ccc(O)cc2)cc13. The van der Waals surface area contributed by atoms with E-state index in [2.05, 4.69) is 30.1 Å². The predicted octanol–water partition coefficient (Wildman–Crippen LogP) is 4.87. The van der Waals surface area contributed by atoms with Crippen LogP contribution in [0.25, 0.3) is 0 Å². The summed E-state index contributed by atoms with van der Waals surface area (Å²) in [7, 11) is 2.32. The van der Waals surface area contributed by atoms with E-state index in [1.54, 1.807) is 17.7 Å². The van der Waals surface area contributed by atoms with Gasteiger partial charge in [-0.3, -0.25) is 0 Å². The standard InChI is InChI=1S/C23H27NO2/c1-24-13-12-23-11-3-2-4-20(23)22(24)14-16-5-8-19(15-21(16)23)26-18-9-6-17(25)7-10-18/h5-10,15,20,22,25H,2-4,11-14H2,1H3.